The molecular weight excluding hydrogens is 254 g/mol. The van der Waals surface area contributed by atoms with Crippen LogP contribution in [0.2, 0.25) is 0 Å². The van der Waals surface area contributed by atoms with Gasteiger partial charge in [-0.25, -0.2) is 4.98 Å². The maximum Gasteiger partial charge on any atom is 0.131 e. The Balaban J connectivity index is 1.90. The van der Waals surface area contributed by atoms with E-state index in [9.17, 15) is 5.11 Å². The van der Waals surface area contributed by atoms with Crippen molar-refractivity contribution in [3.05, 3.63) is 76.6 Å². The molecule has 0 aliphatic heterocycles. The SMILES string of the molecule is OC(c1ccccc1)c1nc(-c2ccccc2)cs1. The van der Waals surface area contributed by atoms with Crippen molar-refractivity contribution in [1.29, 1.82) is 0 Å². The topological polar surface area (TPSA) is 33.1 Å². The minimum absolute atomic E-state index is 0.649. The normalized spacial score (nSPS) is 12.3. The zero-order chi connectivity index (χ0) is 13.1. The molecule has 2 nitrogen and oxygen atoms in total. The van der Waals surface area contributed by atoms with E-state index in [0.717, 1.165) is 21.8 Å². The smallest absolute Gasteiger partial charge is 0.131 e. The van der Waals surface area contributed by atoms with Gasteiger partial charge in [-0.15, -0.1) is 11.3 Å². The number of hydrogen-bond donors (Lipinski definition) is 1. The van der Waals surface area contributed by atoms with Crippen LogP contribution in [0.15, 0.2) is 66.0 Å². The lowest BCUT2D eigenvalue weighted by atomic mass is 10.1. The molecule has 0 amide bonds. The summed E-state index contributed by atoms with van der Waals surface area (Å²) in [4.78, 5) is 4.53. The molecule has 1 aromatic heterocycles. The highest BCUT2D eigenvalue weighted by molar-refractivity contribution is 7.10. The Morgan fingerprint density at radius 2 is 1.53 bits per heavy atom. The molecule has 94 valence electrons. The van der Waals surface area contributed by atoms with Crippen LogP contribution in [-0.2, 0) is 0 Å². The second-order valence-corrected chi connectivity index (χ2v) is 5.14. The van der Waals surface area contributed by atoms with Gasteiger partial charge in [0.1, 0.15) is 11.1 Å². The van der Waals surface area contributed by atoms with Crippen LogP contribution in [0.1, 0.15) is 16.7 Å². The Labute approximate surface area is 116 Å². The molecule has 3 heteroatoms. The second-order valence-electron chi connectivity index (χ2n) is 4.25. The van der Waals surface area contributed by atoms with E-state index in [-0.39, 0.29) is 0 Å². The molecule has 0 saturated carbocycles. The van der Waals surface area contributed by atoms with E-state index in [4.69, 9.17) is 0 Å². The number of aromatic nitrogens is 1. The molecule has 1 unspecified atom stereocenters. The Kier molecular flexibility index (Phi) is 3.40. The zero-order valence-electron chi connectivity index (χ0n) is 10.2. The van der Waals surface area contributed by atoms with Crippen LogP contribution in [0.5, 0.6) is 0 Å². The van der Waals surface area contributed by atoms with Gasteiger partial charge in [-0.3, -0.25) is 0 Å². The molecule has 0 spiro atoms. The van der Waals surface area contributed by atoms with Gasteiger partial charge in [0.25, 0.3) is 0 Å². The van der Waals surface area contributed by atoms with Gasteiger partial charge in [-0.1, -0.05) is 60.7 Å². The number of aliphatic hydroxyl groups is 1. The van der Waals surface area contributed by atoms with Crippen LogP contribution in [0.3, 0.4) is 0 Å². The summed E-state index contributed by atoms with van der Waals surface area (Å²) in [5, 5.41) is 13.0. The fourth-order valence-corrected chi connectivity index (χ4v) is 2.77. The molecule has 1 N–H and O–H groups in total. The predicted octanol–water partition coefficient (Wildman–Crippen LogP) is 3.89. The maximum absolute atomic E-state index is 10.3. The van der Waals surface area contributed by atoms with Crippen molar-refractivity contribution in [3.8, 4) is 11.3 Å². The van der Waals surface area contributed by atoms with Gasteiger partial charge < -0.3 is 5.11 Å². The molecule has 0 fully saturated rings. The Morgan fingerprint density at radius 1 is 0.895 bits per heavy atom. The molecule has 1 heterocycles. The third-order valence-corrected chi connectivity index (χ3v) is 3.84. The average Bonchev–Trinajstić information content (AvgIpc) is 2.98. The van der Waals surface area contributed by atoms with Crippen LogP contribution in [-0.4, -0.2) is 10.1 Å². The molecular formula is C16H13NOS. The van der Waals surface area contributed by atoms with Crippen LogP contribution < -0.4 is 0 Å². The van der Waals surface area contributed by atoms with E-state index < -0.39 is 6.10 Å². The fraction of sp³-hybridized carbons (Fsp3) is 0.0625. The summed E-state index contributed by atoms with van der Waals surface area (Å²) in [6.07, 6.45) is -0.649. The Morgan fingerprint density at radius 3 is 2.21 bits per heavy atom. The van der Waals surface area contributed by atoms with Gasteiger partial charge >= 0.3 is 0 Å². The van der Waals surface area contributed by atoms with Gasteiger partial charge in [0, 0.05) is 10.9 Å². The standard InChI is InChI=1S/C16H13NOS/c18-15(13-9-5-2-6-10-13)16-17-14(11-19-16)12-7-3-1-4-8-12/h1-11,15,18H. The van der Waals surface area contributed by atoms with Crippen molar-refractivity contribution < 1.29 is 5.11 Å². The lowest BCUT2D eigenvalue weighted by Crippen LogP contribution is -1.98. The molecule has 0 bridgehead atoms. The van der Waals surface area contributed by atoms with Gasteiger partial charge in [-0.2, -0.15) is 0 Å². The highest BCUT2D eigenvalue weighted by Gasteiger charge is 2.14. The largest absolute Gasteiger partial charge is 0.381 e. The van der Waals surface area contributed by atoms with Gasteiger partial charge in [-0.05, 0) is 5.56 Å². The minimum Gasteiger partial charge on any atom is -0.381 e. The van der Waals surface area contributed by atoms with Crippen LogP contribution in [0.25, 0.3) is 11.3 Å². The van der Waals surface area contributed by atoms with Gasteiger partial charge in [0.15, 0.2) is 0 Å². The van der Waals surface area contributed by atoms with E-state index in [2.05, 4.69) is 4.98 Å². The van der Waals surface area contributed by atoms with E-state index in [1.165, 1.54) is 11.3 Å². The zero-order valence-corrected chi connectivity index (χ0v) is 11.0. The van der Waals surface area contributed by atoms with Crippen LogP contribution in [0.4, 0.5) is 0 Å². The summed E-state index contributed by atoms with van der Waals surface area (Å²) in [5.74, 6) is 0. The molecule has 0 aliphatic carbocycles. The first kappa shape index (κ1) is 12.1. The van der Waals surface area contributed by atoms with Crippen molar-refractivity contribution in [1.82, 2.24) is 4.98 Å². The average molecular weight is 267 g/mol. The van der Waals surface area contributed by atoms with Gasteiger partial charge in [0.2, 0.25) is 0 Å². The first-order chi connectivity index (χ1) is 9.34. The molecule has 0 saturated heterocycles. The molecule has 3 rings (SSSR count). The molecule has 1 atom stereocenters. The lowest BCUT2D eigenvalue weighted by Gasteiger charge is -2.06. The summed E-state index contributed by atoms with van der Waals surface area (Å²) in [6, 6.07) is 19.6. The molecule has 0 aliphatic rings. The highest BCUT2D eigenvalue weighted by Crippen LogP contribution is 2.28. The number of nitrogens with zero attached hydrogens (tertiary/aromatic N) is 1. The summed E-state index contributed by atoms with van der Waals surface area (Å²) < 4.78 is 0. The minimum atomic E-state index is -0.649. The molecule has 2 aromatic carbocycles. The summed E-state index contributed by atoms with van der Waals surface area (Å²) in [7, 11) is 0. The monoisotopic (exact) mass is 267 g/mol. The third-order valence-electron chi connectivity index (χ3n) is 2.94. The molecule has 3 aromatic rings. The van der Waals surface area contributed by atoms with Crippen molar-refractivity contribution in [2.24, 2.45) is 0 Å². The van der Waals surface area contributed by atoms with Crippen LogP contribution in [0, 0.1) is 0 Å². The third kappa shape index (κ3) is 2.57. The van der Waals surface area contributed by atoms with E-state index in [1.807, 2.05) is 66.0 Å². The number of rotatable bonds is 3. The number of thiazole rings is 1. The van der Waals surface area contributed by atoms with E-state index in [0.29, 0.717) is 0 Å². The van der Waals surface area contributed by atoms with Gasteiger partial charge in [0.05, 0.1) is 5.69 Å². The summed E-state index contributed by atoms with van der Waals surface area (Å²) in [6.45, 7) is 0. The van der Waals surface area contributed by atoms with Crippen molar-refractivity contribution >= 4 is 11.3 Å². The second kappa shape index (κ2) is 5.34. The number of hydrogen-bond acceptors (Lipinski definition) is 3. The number of benzene rings is 2. The quantitative estimate of drug-likeness (QED) is 0.781. The Hall–Kier alpha value is -1.97. The highest BCUT2D eigenvalue weighted by atomic mass is 32.1. The van der Waals surface area contributed by atoms with Crippen molar-refractivity contribution in [2.75, 3.05) is 0 Å². The van der Waals surface area contributed by atoms with E-state index >= 15 is 0 Å². The predicted molar refractivity (Wildman–Crippen MR) is 78.1 cm³/mol. The first-order valence-electron chi connectivity index (χ1n) is 6.08. The number of aliphatic hydroxyl groups excluding tert-OH is 1. The fourth-order valence-electron chi connectivity index (χ4n) is 1.93. The first-order valence-corrected chi connectivity index (χ1v) is 6.96. The van der Waals surface area contributed by atoms with E-state index in [1.54, 1.807) is 0 Å². The van der Waals surface area contributed by atoms with Crippen molar-refractivity contribution in [2.45, 2.75) is 6.10 Å². The maximum atomic E-state index is 10.3. The summed E-state index contributed by atoms with van der Waals surface area (Å²) >= 11 is 1.49. The van der Waals surface area contributed by atoms with Crippen molar-refractivity contribution in [3.63, 3.8) is 0 Å². The van der Waals surface area contributed by atoms with Crippen LogP contribution >= 0.6 is 11.3 Å². The lowest BCUT2D eigenvalue weighted by molar-refractivity contribution is 0.220. The Bertz CT molecular complexity index is 649. The molecule has 19 heavy (non-hydrogen) atoms. The summed E-state index contributed by atoms with van der Waals surface area (Å²) in [5.41, 5.74) is 2.86. The molecule has 0 radical (unpaired) electrons.